The number of fused-ring (bicyclic) bond motifs is 1. The molecule has 26 heavy (non-hydrogen) atoms. The number of rotatable bonds is 6. The van der Waals surface area contributed by atoms with Crippen molar-refractivity contribution in [3.63, 3.8) is 0 Å². The van der Waals surface area contributed by atoms with Gasteiger partial charge < -0.3 is 14.7 Å². The lowest BCUT2D eigenvalue weighted by Crippen LogP contribution is -2.26. The Morgan fingerprint density at radius 2 is 2.15 bits per heavy atom. The van der Waals surface area contributed by atoms with Gasteiger partial charge in [0.2, 0.25) is 0 Å². The monoisotopic (exact) mass is 345 g/mol. The number of carbonyl (C=O) groups is 1. The number of hydrogen-bond acceptors (Lipinski definition) is 3. The SMILES string of the molecule is CC(/C=C(/C#N)C(=O)NCCc1c[nH]c2ccccc12)=C\c1ccco1. The highest BCUT2D eigenvalue weighted by molar-refractivity contribution is 5.97. The zero-order chi connectivity index (χ0) is 18.4. The first-order valence-corrected chi connectivity index (χ1v) is 8.34. The second-order valence-corrected chi connectivity index (χ2v) is 5.94. The number of nitriles is 1. The summed E-state index contributed by atoms with van der Waals surface area (Å²) in [5, 5.41) is 13.2. The Balaban J connectivity index is 1.61. The molecule has 0 unspecified atom stereocenters. The molecule has 0 aliphatic carbocycles. The molecule has 0 radical (unpaired) electrons. The number of amides is 1. The number of furan rings is 1. The Hall–Kier alpha value is -3.52. The largest absolute Gasteiger partial charge is 0.465 e. The maximum absolute atomic E-state index is 12.2. The van der Waals surface area contributed by atoms with Gasteiger partial charge in [0.25, 0.3) is 5.91 Å². The molecule has 0 saturated heterocycles. The Kier molecular flexibility index (Phi) is 5.35. The molecule has 2 heterocycles. The Labute approximate surface area is 151 Å². The van der Waals surface area contributed by atoms with Crippen LogP contribution in [0.5, 0.6) is 0 Å². The van der Waals surface area contributed by atoms with Crippen LogP contribution < -0.4 is 5.32 Å². The van der Waals surface area contributed by atoms with Gasteiger partial charge in [-0.05, 0) is 54.8 Å². The molecule has 5 heteroatoms. The fourth-order valence-corrected chi connectivity index (χ4v) is 2.76. The van der Waals surface area contributed by atoms with Crippen molar-refractivity contribution in [2.24, 2.45) is 0 Å². The van der Waals surface area contributed by atoms with E-state index in [4.69, 9.17) is 4.42 Å². The minimum Gasteiger partial charge on any atom is -0.465 e. The highest BCUT2D eigenvalue weighted by Gasteiger charge is 2.09. The van der Waals surface area contributed by atoms with Gasteiger partial charge in [-0.3, -0.25) is 4.79 Å². The fraction of sp³-hybridized carbons (Fsp3) is 0.143. The maximum atomic E-state index is 12.2. The topological polar surface area (TPSA) is 81.8 Å². The van der Waals surface area contributed by atoms with Crippen LogP contribution in [0.3, 0.4) is 0 Å². The van der Waals surface area contributed by atoms with E-state index in [0.717, 1.165) is 22.0 Å². The molecule has 0 atom stereocenters. The normalized spacial score (nSPS) is 12.2. The molecule has 130 valence electrons. The van der Waals surface area contributed by atoms with Gasteiger partial charge in [-0.15, -0.1) is 0 Å². The maximum Gasteiger partial charge on any atom is 0.261 e. The van der Waals surface area contributed by atoms with Crippen LogP contribution in [0, 0.1) is 11.3 Å². The van der Waals surface area contributed by atoms with E-state index in [9.17, 15) is 10.1 Å². The molecule has 5 nitrogen and oxygen atoms in total. The summed E-state index contributed by atoms with van der Waals surface area (Å²) in [5.74, 6) is 0.301. The molecule has 0 saturated carbocycles. The number of nitrogens with one attached hydrogen (secondary N) is 2. The number of para-hydroxylation sites is 1. The van der Waals surface area contributed by atoms with E-state index in [1.54, 1.807) is 24.5 Å². The van der Waals surface area contributed by atoms with Crippen molar-refractivity contribution in [2.45, 2.75) is 13.3 Å². The highest BCUT2D eigenvalue weighted by atomic mass is 16.3. The number of allylic oxidation sites excluding steroid dienone is 2. The minimum atomic E-state index is -0.375. The lowest BCUT2D eigenvalue weighted by molar-refractivity contribution is -0.117. The standard InChI is InChI=1S/C21H19N3O2/c1-15(12-18-5-4-10-26-18)11-17(13-22)21(25)23-9-8-16-14-24-20-7-3-2-6-19(16)20/h2-7,10-12,14,24H,8-9H2,1H3,(H,23,25)/b15-12+,17-11-. The van der Waals surface area contributed by atoms with Gasteiger partial charge in [-0.25, -0.2) is 0 Å². The summed E-state index contributed by atoms with van der Waals surface area (Å²) in [4.78, 5) is 15.5. The fourth-order valence-electron chi connectivity index (χ4n) is 2.76. The second kappa shape index (κ2) is 8.04. The smallest absolute Gasteiger partial charge is 0.261 e. The molecular weight excluding hydrogens is 326 g/mol. The summed E-state index contributed by atoms with van der Waals surface area (Å²) in [6, 6.07) is 13.6. The molecule has 3 aromatic rings. The van der Waals surface area contributed by atoms with Crippen molar-refractivity contribution in [1.82, 2.24) is 10.3 Å². The highest BCUT2D eigenvalue weighted by Crippen LogP contribution is 2.17. The van der Waals surface area contributed by atoms with E-state index in [2.05, 4.69) is 10.3 Å². The molecule has 0 aliphatic heterocycles. The molecule has 0 aliphatic rings. The number of carbonyl (C=O) groups excluding carboxylic acids is 1. The van der Waals surface area contributed by atoms with Gasteiger partial charge in [0.15, 0.2) is 0 Å². The molecule has 2 N–H and O–H groups in total. The Morgan fingerprint density at radius 3 is 2.92 bits per heavy atom. The van der Waals surface area contributed by atoms with E-state index in [-0.39, 0.29) is 11.5 Å². The summed E-state index contributed by atoms with van der Waals surface area (Å²) < 4.78 is 5.23. The van der Waals surface area contributed by atoms with Gasteiger partial charge in [0, 0.05) is 23.6 Å². The van der Waals surface area contributed by atoms with Crippen molar-refractivity contribution in [1.29, 1.82) is 5.26 Å². The Bertz CT molecular complexity index is 1000. The number of aromatic amines is 1. The number of benzene rings is 1. The number of hydrogen-bond donors (Lipinski definition) is 2. The molecule has 1 aromatic carbocycles. The van der Waals surface area contributed by atoms with Crippen molar-refractivity contribution >= 4 is 22.9 Å². The summed E-state index contributed by atoms with van der Waals surface area (Å²) in [6.07, 6.45) is 7.55. The summed E-state index contributed by atoms with van der Waals surface area (Å²) in [7, 11) is 0. The van der Waals surface area contributed by atoms with Crippen LogP contribution in [0.1, 0.15) is 18.2 Å². The lowest BCUT2D eigenvalue weighted by atomic mass is 10.1. The third-order valence-electron chi connectivity index (χ3n) is 4.01. The summed E-state index contributed by atoms with van der Waals surface area (Å²) >= 11 is 0. The number of H-pyrrole nitrogens is 1. The predicted octanol–water partition coefficient (Wildman–Crippen LogP) is 3.97. The van der Waals surface area contributed by atoms with Crippen LogP contribution in [0.15, 0.2) is 70.5 Å². The first-order valence-electron chi connectivity index (χ1n) is 8.34. The van der Waals surface area contributed by atoms with Crippen molar-refractivity contribution in [3.05, 3.63) is 77.4 Å². The van der Waals surface area contributed by atoms with Crippen LogP contribution in [0.25, 0.3) is 17.0 Å². The van der Waals surface area contributed by atoms with Crippen molar-refractivity contribution in [2.75, 3.05) is 6.54 Å². The predicted molar refractivity (Wildman–Crippen MR) is 101 cm³/mol. The van der Waals surface area contributed by atoms with E-state index in [1.165, 1.54) is 0 Å². The van der Waals surface area contributed by atoms with E-state index >= 15 is 0 Å². The minimum absolute atomic E-state index is 0.0734. The van der Waals surface area contributed by atoms with Gasteiger partial charge in [0.05, 0.1) is 6.26 Å². The Morgan fingerprint density at radius 1 is 1.31 bits per heavy atom. The van der Waals surface area contributed by atoms with Gasteiger partial charge in [-0.1, -0.05) is 18.2 Å². The third kappa shape index (κ3) is 4.11. The first kappa shape index (κ1) is 17.3. The molecule has 0 bridgehead atoms. The van der Waals surface area contributed by atoms with E-state index in [1.807, 2.05) is 49.5 Å². The van der Waals surface area contributed by atoms with E-state index in [0.29, 0.717) is 18.7 Å². The van der Waals surface area contributed by atoms with Crippen molar-refractivity contribution < 1.29 is 9.21 Å². The number of nitrogens with zero attached hydrogens (tertiary/aromatic N) is 1. The van der Waals surface area contributed by atoms with Crippen LogP contribution in [0.2, 0.25) is 0 Å². The zero-order valence-corrected chi connectivity index (χ0v) is 14.5. The average Bonchev–Trinajstić information content (AvgIpc) is 3.29. The lowest BCUT2D eigenvalue weighted by Gasteiger charge is -2.04. The van der Waals surface area contributed by atoms with Crippen LogP contribution in [0.4, 0.5) is 0 Å². The van der Waals surface area contributed by atoms with Gasteiger partial charge in [0.1, 0.15) is 17.4 Å². The second-order valence-electron chi connectivity index (χ2n) is 5.94. The van der Waals surface area contributed by atoms with Crippen LogP contribution in [-0.2, 0) is 11.2 Å². The first-order chi connectivity index (χ1) is 12.7. The van der Waals surface area contributed by atoms with Crippen LogP contribution in [-0.4, -0.2) is 17.4 Å². The quantitative estimate of drug-likeness (QED) is 0.403. The van der Waals surface area contributed by atoms with Crippen molar-refractivity contribution in [3.8, 4) is 6.07 Å². The molecule has 2 aromatic heterocycles. The average molecular weight is 345 g/mol. The zero-order valence-electron chi connectivity index (χ0n) is 14.5. The molecule has 0 spiro atoms. The number of aromatic nitrogens is 1. The van der Waals surface area contributed by atoms with Gasteiger partial charge >= 0.3 is 0 Å². The summed E-state index contributed by atoms with van der Waals surface area (Å²) in [5.41, 5.74) is 3.05. The van der Waals surface area contributed by atoms with E-state index < -0.39 is 0 Å². The molecular formula is C21H19N3O2. The third-order valence-corrected chi connectivity index (χ3v) is 4.01. The van der Waals surface area contributed by atoms with Crippen LogP contribution >= 0.6 is 0 Å². The molecule has 3 rings (SSSR count). The molecule has 1 amide bonds. The van der Waals surface area contributed by atoms with Gasteiger partial charge in [-0.2, -0.15) is 5.26 Å². The molecule has 0 fully saturated rings. The summed E-state index contributed by atoms with van der Waals surface area (Å²) in [6.45, 7) is 2.28.